The van der Waals surface area contributed by atoms with Crippen molar-refractivity contribution in [3.8, 4) is 0 Å². The quantitative estimate of drug-likeness (QED) is 0.756. The van der Waals surface area contributed by atoms with Crippen molar-refractivity contribution in [3.05, 3.63) is 79.1 Å². The second-order valence-corrected chi connectivity index (χ2v) is 4.97. The summed E-state index contributed by atoms with van der Waals surface area (Å²) in [6, 6.07) is 8.92. The fourth-order valence-electron chi connectivity index (χ4n) is 2.04. The van der Waals surface area contributed by atoms with Crippen LogP contribution in [0.4, 0.5) is 0 Å². The second kappa shape index (κ2) is 8.47. The van der Waals surface area contributed by atoms with Crippen molar-refractivity contribution in [1.29, 1.82) is 0 Å². The zero-order chi connectivity index (χ0) is 17.4. The summed E-state index contributed by atoms with van der Waals surface area (Å²) < 4.78 is 5.30. The maximum absolute atomic E-state index is 12.5. The Morgan fingerprint density at radius 1 is 1.21 bits per heavy atom. The van der Waals surface area contributed by atoms with Crippen LogP contribution in [0.25, 0.3) is 0 Å². The van der Waals surface area contributed by atoms with E-state index in [0.717, 1.165) is 0 Å². The molecule has 1 aromatic carbocycles. The first-order valence-corrected chi connectivity index (χ1v) is 7.44. The number of nitrogens with one attached hydrogen (secondary N) is 1. The molecular weight excluding hydrogens is 306 g/mol. The van der Waals surface area contributed by atoms with E-state index in [9.17, 15) is 9.59 Å². The summed E-state index contributed by atoms with van der Waals surface area (Å²) in [5.74, 6) is -0.231. The molecule has 0 spiro atoms. The molecule has 24 heavy (non-hydrogen) atoms. The molecule has 1 heterocycles. The van der Waals surface area contributed by atoms with Crippen LogP contribution >= 0.6 is 0 Å². The lowest BCUT2D eigenvalue weighted by molar-refractivity contribution is 0.0749. The van der Waals surface area contributed by atoms with Gasteiger partial charge in [0.15, 0.2) is 5.69 Å². The molecular formula is C18H19N3O3. The van der Waals surface area contributed by atoms with Crippen molar-refractivity contribution in [2.75, 3.05) is 13.1 Å². The van der Waals surface area contributed by atoms with Gasteiger partial charge in [-0.1, -0.05) is 30.4 Å². The van der Waals surface area contributed by atoms with E-state index in [-0.39, 0.29) is 29.9 Å². The molecule has 2 aromatic rings. The number of aromatic nitrogens is 1. The third kappa shape index (κ3) is 4.42. The highest BCUT2D eigenvalue weighted by molar-refractivity contribution is 5.94. The van der Waals surface area contributed by atoms with E-state index >= 15 is 0 Å². The van der Waals surface area contributed by atoms with Gasteiger partial charge in [0.25, 0.3) is 11.8 Å². The third-order valence-corrected chi connectivity index (χ3v) is 3.17. The van der Waals surface area contributed by atoms with Crippen molar-refractivity contribution in [2.45, 2.75) is 6.54 Å². The molecule has 0 aliphatic carbocycles. The normalized spacial score (nSPS) is 10.0. The molecule has 0 atom stereocenters. The topological polar surface area (TPSA) is 75.4 Å². The number of oxazole rings is 1. The lowest BCUT2D eigenvalue weighted by atomic mass is 10.2. The van der Waals surface area contributed by atoms with Crippen LogP contribution in [0.2, 0.25) is 0 Å². The van der Waals surface area contributed by atoms with E-state index in [1.54, 1.807) is 41.3 Å². The predicted molar refractivity (Wildman–Crippen MR) is 90.4 cm³/mol. The number of carbonyl (C=O) groups excluding carboxylic acids is 2. The van der Waals surface area contributed by atoms with Crippen LogP contribution in [-0.4, -0.2) is 34.8 Å². The van der Waals surface area contributed by atoms with Gasteiger partial charge in [0, 0.05) is 18.7 Å². The fraction of sp³-hybridized carbons (Fsp3) is 0.167. The first-order valence-electron chi connectivity index (χ1n) is 7.44. The Balaban J connectivity index is 2.09. The van der Waals surface area contributed by atoms with Crippen molar-refractivity contribution >= 4 is 11.8 Å². The smallest absolute Gasteiger partial charge is 0.273 e. The van der Waals surface area contributed by atoms with E-state index in [2.05, 4.69) is 23.5 Å². The molecule has 2 rings (SSSR count). The number of hydrogen-bond acceptors (Lipinski definition) is 4. The van der Waals surface area contributed by atoms with Gasteiger partial charge in [-0.3, -0.25) is 9.59 Å². The van der Waals surface area contributed by atoms with E-state index in [1.165, 1.54) is 6.26 Å². The molecule has 2 amide bonds. The zero-order valence-corrected chi connectivity index (χ0v) is 13.3. The maximum Gasteiger partial charge on any atom is 0.273 e. The van der Waals surface area contributed by atoms with Crippen LogP contribution in [0.3, 0.4) is 0 Å². The summed E-state index contributed by atoms with van der Waals surface area (Å²) in [6.45, 7) is 8.03. The van der Waals surface area contributed by atoms with Gasteiger partial charge in [-0.2, -0.15) is 0 Å². The van der Waals surface area contributed by atoms with Crippen molar-refractivity contribution in [1.82, 2.24) is 15.2 Å². The molecule has 0 radical (unpaired) electrons. The largest absolute Gasteiger partial charge is 0.446 e. The van der Waals surface area contributed by atoms with E-state index in [1.807, 2.05) is 6.07 Å². The standard InChI is InChI=1S/C18H19N3O3/c1-3-10-19-17(22)15-13-24-16(20-15)12-21(11-4-2)18(23)14-8-6-5-7-9-14/h3-9,13H,1-2,10-12H2,(H,19,22). The highest BCUT2D eigenvalue weighted by Crippen LogP contribution is 2.10. The molecule has 1 N–H and O–H groups in total. The highest BCUT2D eigenvalue weighted by atomic mass is 16.3. The summed E-state index contributed by atoms with van der Waals surface area (Å²) in [4.78, 5) is 30.0. The number of benzene rings is 1. The molecule has 6 nitrogen and oxygen atoms in total. The molecule has 0 saturated carbocycles. The van der Waals surface area contributed by atoms with Crippen molar-refractivity contribution < 1.29 is 14.0 Å². The molecule has 0 unspecified atom stereocenters. The summed E-state index contributed by atoms with van der Waals surface area (Å²) >= 11 is 0. The van der Waals surface area contributed by atoms with E-state index < -0.39 is 0 Å². The lowest BCUT2D eigenvalue weighted by Crippen LogP contribution is -2.31. The number of carbonyl (C=O) groups is 2. The fourth-order valence-corrected chi connectivity index (χ4v) is 2.04. The van der Waals surface area contributed by atoms with Crippen LogP contribution in [0.5, 0.6) is 0 Å². The van der Waals surface area contributed by atoms with E-state index in [0.29, 0.717) is 18.7 Å². The minimum atomic E-state index is -0.352. The van der Waals surface area contributed by atoms with Crippen molar-refractivity contribution in [3.63, 3.8) is 0 Å². The van der Waals surface area contributed by atoms with Gasteiger partial charge in [-0.05, 0) is 12.1 Å². The molecule has 6 heteroatoms. The summed E-state index contributed by atoms with van der Waals surface area (Å²) in [5, 5.41) is 2.61. The summed E-state index contributed by atoms with van der Waals surface area (Å²) in [6.07, 6.45) is 4.47. The molecule has 124 valence electrons. The second-order valence-electron chi connectivity index (χ2n) is 4.97. The third-order valence-electron chi connectivity index (χ3n) is 3.17. The molecule has 0 saturated heterocycles. The Bertz CT molecular complexity index is 722. The average molecular weight is 325 g/mol. The average Bonchev–Trinajstić information content (AvgIpc) is 3.08. The first kappa shape index (κ1) is 17.2. The highest BCUT2D eigenvalue weighted by Gasteiger charge is 2.18. The molecule has 1 aromatic heterocycles. The van der Waals surface area contributed by atoms with Gasteiger partial charge in [0.1, 0.15) is 6.26 Å². The Labute approximate surface area is 140 Å². The Kier molecular flexibility index (Phi) is 6.08. The Hall–Kier alpha value is -3.15. The molecule has 0 bridgehead atoms. The predicted octanol–water partition coefficient (Wildman–Crippen LogP) is 2.42. The Morgan fingerprint density at radius 2 is 1.96 bits per heavy atom. The minimum Gasteiger partial charge on any atom is -0.446 e. The number of nitrogens with zero attached hydrogens (tertiary/aromatic N) is 2. The Morgan fingerprint density at radius 3 is 2.62 bits per heavy atom. The first-order chi connectivity index (χ1) is 11.7. The van der Waals surface area contributed by atoms with Gasteiger partial charge in [0.05, 0.1) is 6.54 Å². The monoisotopic (exact) mass is 325 g/mol. The van der Waals surface area contributed by atoms with Crippen LogP contribution in [0.1, 0.15) is 26.7 Å². The maximum atomic E-state index is 12.5. The molecule has 0 aliphatic rings. The zero-order valence-electron chi connectivity index (χ0n) is 13.3. The molecule has 0 aliphatic heterocycles. The van der Waals surface area contributed by atoms with Crippen LogP contribution < -0.4 is 5.32 Å². The minimum absolute atomic E-state index is 0.147. The summed E-state index contributed by atoms with van der Waals surface area (Å²) in [7, 11) is 0. The lowest BCUT2D eigenvalue weighted by Gasteiger charge is -2.19. The number of amides is 2. The van der Waals surface area contributed by atoms with Crippen LogP contribution in [0.15, 0.2) is 66.3 Å². The number of rotatable bonds is 8. The SMILES string of the molecule is C=CCNC(=O)c1coc(CN(CC=C)C(=O)c2ccccc2)n1. The van der Waals surface area contributed by atoms with Gasteiger partial charge in [-0.15, -0.1) is 13.2 Å². The van der Waals surface area contributed by atoms with Gasteiger partial charge in [0.2, 0.25) is 5.89 Å². The molecule has 0 fully saturated rings. The van der Waals surface area contributed by atoms with Crippen molar-refractivity contribution in [2.24, 2.45) is 0 Å². The number of hydrogen-bond donors (Lipinski definition) is 1. The van der Waals surface area contributed by atoms with Crippen LogP contribution in [0, 0.1) is 0 Å². The van der Waals surface area contributed by atoms with Gasteiger partial charge < -0.3 is 14.6 Å². The summed E-state index contributed by atoms with van der Waals surface area (Å²) in [5.41, 5.74) is 0.729. The van der Waals surface area contributed by atoms with Gasteiger partial charge in [-0.25, -0.2) is 4.98 Å². The van der Waals surface area contributed by atoms with Gasteiger partial charge >= 0.3 is 0 Å². The van der Waals surface area contributed by atoms with Crippen LogP contribution in [-0.2, 0) is 6.54 Å². The van der Waals surface area contributed by atoms with E-state index in [4.69, 9.17) is 4.42 Å².